The van der Waals surface area contributed by atoms with E-state index in [9.17, 15) is 9.90 Å². The Morgan fingerprint density at radius 1 is 1.26 bits per heavy atom. The summed E-state index contributed by atoms with van der Waals surface area (Å²) < 4.78 is 1.49. The highest BCUT2D eigenvalue weighted by Gasteiger charge is 2.15. The highest BCUT2D eigenvalue weighted by atomic mass is 16.4. The molecule has 2 aromatic heterocycles. The quantitative estimate of drug-likeness (QED) is 0.761. The first-order valence-corrected chi connectivity index (χ1v) is 5.81. The second-order valence-corrected chi connectivity index (χ2v) is 4.26. The minimum atomic E-state index is -1.01. The Morgan fingerprint density at radius 2 is 2.05 bits per heavy atom. The number of aromatic nitrogens is 3. The van der Waals surface area contributed by atoms with E-state index >= 15 is 0 Å². The van der Waals surface area contributed by atoms with Gasteiger partial charge in [0.05, 0.1) is 11.2 Å². The number of nitrogens with zero attached hydrogens (tertiary/aromatic N) is 3. The first-order chi connectivity index (χ1) is 9.15. The number of aryl methyl sites for hydroxylation is 1. The number of carbonyl (C=O) groups is 1. The van der Waals surface area contributed by atoms with E-state index in [1.807, 2.05) is 37.3 Å². The molecule has 0 saturated carbocycles. The van der Waals surface area contributed by atoms with E-state index in [1.54, 1.807) is 12.3 Å². The van der Waals surface area contributed by atoms with Gasteiger partial charge in [0.25, 0.3) is 0 Å². The molecule has 5 heteroatoms. The summed E-state index contributed by atoms with van der Waals surface area (Å²) >= 11 is 0. The largest absolute Gasteiger partial charge is 0.478 e. The van der Waals surface area contributed by atoms with E-state index in [0.29, 0.717) is 5.82 Å². The topological polar surface area (TPSA) is 68.0 Å². The van der Waals surface area contributed by atoms with Crippen molar-refractivity contribution in [2.75, 3.05) is 0 Å². The fourth-order valence-electron chi connectivity index (χ4n) is 1.97. The smallest absolute Gasteiger partial charge is 0.339 e. The van der Waals surface area contributed by atoms with Crippen LogP contribution in [0.25, 0.3) is 16.7 Å². The van der Waals surface area contributed by atoms with E-state index in [0.717, 1.165) is 16.6 Å². The van der Waals surface area contributed by atoms with Crippen molar-refractivity contribution in [3.8, 4) is 5.82 Å². The summed E-state index contributed by atoms with van der Waals surface area (Å²) in [5.41, 5.74) is 1.70. The fraction of sp³-hybridized carbons (Fsp3) is 0.0714. The SMILES string of the molecule is Cc1ccn(-c2nc3ccccc3cc2C(=O)O)n1. The molecule has 1 N–H and O–H groups in total. The number of hydrogen-bond acceptors (Lipinski definition) is 3. The highest BCUT2D eigenvalue weighted by Crippen LogP contribution is 2.19. The number of rotatable bonds is 2. The van der Waals surface area contributed by atoms with Crippen molar-refractivity contribution in [1.82, 2.24) is 14.8 Å². The molecular weight excluding hydrogens is 242 g/mol. The molecule has 3 aromatic rings. The molecule has 19 heavy (non-hydrogen) atoms. The van der Waals surface area contributed by atoms with Crippen LogP contribution >= 0.6 is 0 Å². The van der Waals surface area contributed by atoms with Crippen LogP contribution in [0.4, 0.5) is 0 Å². The molecule has 0 amide bonds. The molecule has 3 rings (SSSR count). The van der Waals surface area contributed by atoms with Crippen molar-refractivity contribution in [3.05, 3.63) is 53.9 Å². The van der Waals surface area contributed by atoms with E-state index < -0.39 is 5.97 Å². The lowest BCUT2D eigenvalue weighted by Crippen LogP contribution is -2.08. The molecule has 0 spiro atoms. The summed E-state index contributed by atoms with van der Waals surface area (Å²) in [5, 5.41) is 14.3. The van der Waals surface area contributed by atoms with E-state index in [1.165, 1.54) is 4.68 Å². The summed E-state index contributed by atoms with van der Waals surface area (Å²) in [6.07, 6.45) is 1.71. The monoisotopic (exact) mass is 253 g/mol. The van der Waals surface area contributed by atoms with Crippen LogP contribution in [0.15, 0.2) is 42.6 Å². The fourth-order valence-corrected chi connectivity index (χ4v) is 1.97. The standard InChI is InChI=1S/C14H11N3O2/c1-9-6-7-17(16-9)13-11(14(18)19)8-10-4-2-3-5-12(10)15-13/h2-8H,1H3,(H,18,19). The van der Waals surface area contributed by atoms with Crippen LogP contribution < -0.4 is 0 Å². The van der Waals surface area contributed by atoms with Crippen molar-refractivity contribution in [2.45, 2.75) is 6.92 Å². The number of carboxylic acids is 1. The van der Waals surface area contributed by atoms with Gasteiger partial charge in [-0.15, -0.1) is 0 Å². The van der Waals surface area contributed by atoms with Crippen LogP contribution in [-0.4, -0.2) is 25.8 Å². The summed E-state index contributed by atoms with van der Waals surface area (Å²) in [5.74, 6) is -0.680. The van der Waals surface area contributed by atoms with Crippen molar-refractivity contribution < 1.29 is 9.90 Å². The van der Waals surface area contributed by atoms with Crippen molar-refractivity contribution in [1.29, 1.82) is 0 Å². The van der Waals surface area contributed by atoms with Gasteiger partial charge in [0, 0.05) is 11.6 Å². The first kappa shape index (κ1) is 11.4. The summed E-state index contributed by atoms with van der Waals surface area (Å²) in [6, 6.07) is 10.8. The number of aromatic carboxylic acids is 1. The lowest BCUT2D eigenvalue weighted by Gasteiger charge is -2.07. The number of fused-ring (bicyclic) bond motifs is 1. The normalized spacial score (nSPS) is 10.8. The van der Waals surface area contributed by atoms with Gasteiger partial charge in [0.2, 0.25) is 0 Å². The summed E-state index contributed by atoms with van der Waals surface area (Å²) in [6.45, 7) is 1.85. The maximum atomic E-state index is 11.4. The maximum Gasteiger partial charge on any atom is 0.339 e. The van der Waals surface area contributed by atoms with Gasteiger partial charge in [-0.3, -0.25) is 0 Å². The zero-order valence-electron chi connectivity index (χ0n) is 10.2. The van der Waals surface area contributed by atoms with Gasteiger partial charge >= 0.3 is 5.97 Å². The Kier molecular flexibility index (Phi) is 2.52. The molecule has 0 fully saturated rings. The second-order valence-electron chi connectivity index (χ2n) is 4.26. The molecule has 0 radical (unpaired) electrons. The average Bonchev–Trinajstić information content (AvgIpc) is 2.83. The van der Waals surface area contributed by atoms with E-state index in [2.05, 4.69) is 10.1 Å². The van der Waals surface area contributed by atoms with Gasteiger partial charge in [0.1, 0.15) is 5.56 Å². The van der Waals surface area contributed by atoms with Gasteiger partial charge in [-0.2, -0.15) is 5.10 Å². The number of pyridine rings is 1. The molecular formula is C14H11N3O2. The molecule has 0 aliphatic rings. The van der Waals surface area contributed by atoms with Crippen LogP contribution in [0.1, 0.15) is 16.1 Å². The van der Waals surface area contributed by atoms with Crippen molar-refractivity contribution in [3.63, 3.8) is 0 Å². The molecule has 0 atom stereocenters. The summed E-state index contributed by atoms with van der Waals surface area (Å²) in [7, 11) is 0. The molecule has 94 valence electrons. The maximum absolute atomic E-state index is 11.4. The van der Waals surface area contributed by atoms with Gasteiger partial charge in [0.15, 0.2) is 5.82 Å². The Balaban J connectivity index is 2.32. The lowest BCUT2D eigenvalue weighted by atomic mass is 10.1. The number of benzene rings is 1. The lowest BCUT2D eigenvalue weighted by molar-refractivity contribution is 0.0696. The third kappa shape index (κ3) is 1.95. The van der Waals surface area contributed by atoms with Gasteiger partial charge in [-0.05, 0) is 25.1 Å². The van der Waals surface area contributed by atoms with E-state index in [-0.39, 0.29) is 5.56 Å². The van der Waals surface area contributed by atoms with Crippen LogP contribution in [0.5, 0.6) is 0 Å². The van der Waals surface area contributed by atoms with Crippen molar-refractivity contribution >= 4 is 16.9 Å². The Bertz CT molecular complexity index is 777. The Hall–Kier alpha value is -2.69. The Labute approximate surface area is 109 Å². The molecule has 2 heterocycles. The molecule has 0 saturated heterocycles. The average molecular weight is 253 g/mol. The van der Waals surface area contributed by atoms with Crippen LogP contribution in [0.3, 0.4) is 0 Å². The molecule has 0 unspecified atom stereocenters. The third-order valence-corrected chi connectivity index (χ3v) is 2.87. The predicted octanol–water partition coefficient (Wildman–Crippen LogP) is 2.43. The third-order valence-electron chi connectivity index (χ3n) is 2.87. The number of para-hydroxylation sites is 1. The molecule has 5 nitrogen and oxygen atoms in total. The van der Waals surface area contributed by atoms with E-state index in [4.69, 9.17) is 0 Å². The molecule has 0 aliphatic carbocycles. The molecule has 0 aliphatic heterocycles. The van der Waals surface area contributed by atoms with Gasteiger partial charge in [-0.25, -0.2) is 14.5 Å². The van der Waals surface area contributed by atoms with Gasteiger partial charge < -0.3 is 5.11 Å². The second kappa shape index (κ2) is 4.20. The first-order valence-electron chi connectivity index (χ1n) is 5.81. The van der Waals surface area contributed by atoms with Crippen LogP contribution in [-0.2, 0) is 0 Å². The van der Waals surface area contributed by atoms with Gasteiger partial charge in [-0.1, -0.05) is 18.2 Å². The zero-order valence-corrected chi connectivity index (χ0v) is 10.2. The van der Waals surface area contributed by atoms with Crippen LogP contribution in [0, 0.1) is 6.92 Å². The highest BCUT2D eigenvalue weighted by molar-refractivity contribution is 5.96. The summed E-state index contributed by atoms with van der Waals surface area (Å²) in [4.78, 5) is 15.8. The van der Waals surface area contributed by atoms with Crippen LogP contribution in [0.2, 0.25) is 0 Å². The Morgan fingerprint density at radius 3 is 2.74 bits per heavy atom. The number of hydrogen-bond donors (Lipinski definition) is 1. The van der Waals surface area contributed by atoms with Crippen molar-refractivity contribution in [2.24, 2.45) is 0 Å². The molecule has 0 bridgehead atoms. The number of carboxylic acid groups (broad SMARTS) is 1. The minimum Gasteiger partial charge on any atom is -0.478 e. The predicted molar refractivity (Wildman–Crippen MR) is 70.6 cm³/mol. The minimum absolute atomic E-state index is 0.141. The molecule has 1 aromatic carbocycles. The zero-order chi connectivity index (χ0) is 13.4.